The van der Waals surface area contributed by atoms with Gasteiger partial charge in [-0.2, -0.15) is 4.98 Å². The number of hydrogen-bond donors (Lipinski definition) is 1. The van der Waals surface area contributed by atoms with Crippen molar-refractivity contribution in [1.29, 1.82) is 0 Å². The van der Waals surface area contributed by atoms with E-state index >= 15 is 0 Å². The topological polar surface area (TPSA) is 85.6 Å². The number of methoxy groups -OCH3 is 1. The van der Waals surface area contributed by atoms with Crippen LogP contribution in [-0.2, 0) is 4.79 Å². The monoisotopic (exact) mass is 420 g/mol. The summed E-state index contributed by atoms with van der Waals surface area (Å²) in [6, 6.07) is 15.0. The molecule has 2 heterocycles. The van der Waals surface area contributed by atoms with Crippen LogP contribution in [0.15, 0.2) is 53.9 Å². The van der Waals surface area contributed by atoms with Gasteiger partial charge in [0.25, 0.3) is 0 Å². The number of anilines is 1. The average Bonchev–Trinajstić information content (AvgIpc) is 3.32. The minimum atomic E-state index is -0.295. The number of Topliss-reactive ketones (excluding diaryl/α,β-unsaturated/α-hetero) is 1. The molecule has 4 aromatic rings. The van der Waals surface area contributed by atoms with Crippen LogP contribution < -0.4 is 10.1 Å². The van der Waals surface area contributed by atoms with E-state index in [1.807, 2.05) is 48.7 Å². The van der Waals surface area contributed by atoms with Crippen molar-refractivity contribution in [3.05, 3.63) is 65.0 Å². The summed E-state index contributed by atoms with van der Waals surface area (Å²) in [5.74, 6) is 0.610. The van der Waals surface area contributed by atoms with Gasteiger partial charge in [0.2, 0.25) is 16.8 Å². The summed E-state index contributed by atoms with van der Waals surface area (Å²) >= 11 is 1.43. The van der Waals surface area contributed by atoms with Gasteiger partial charge < -0.3 is 4.74 Å². The van der Waals surface area contributed by atoms with E-state index in [1.54, 1.807) is 23.8 Å². The molecule has 1 N–H and O–H groups in total. The van der Waals surface area contributed by atoms with Gasteiger partial charge in [0.15, 0.2) is 5.78 Å². The van der Waals surface area contributed by atoms with Crippen molar-refractivity contribution in [3.8, 4) is 17.0 Å². The first kappa shape index (κ1) is 19.8. The lowest BCUT2D eigenvalue weighted by Gasteiger charge is -2.03. The quantitative estimate of drug-likeness (QED) is 0.449. The molecule has 0 saturated carbocycles. The maximum Gasteiger partial charge on any atom is 0.250 e. The van der Waals surface area contributed by atoms with Crippen LogP contribution in [0.3, 0.4) is 0 Å². The zero-order valence-corrected chi connectivity index (χ0v) is 17.4. The van der Waals surface area contributed by atoms with E-state index in [1.165, 1.54) is 11.3 Å². The number of benzene rings is 2. The third-order valence-electron chi connectivity index (χ3n) is 4.65. The fraction of sp³-hybridized carbons (Fsp3) is 0.182. The molecule has 1 amide bonds. The van der Waals surface area contributed by atoms with Crippen LogP contribution in [0, 0.1) is 6.92 Å². The van der Waals surface area contributed by atoms with E-state index in [4.69, 9.17) is 4.74 Å². The van der Waals surface area contributed by atoms with Gasteiger partial charge in [-0.15, -0.1) is 16.4 Å². The number of carbonyl (C=O) groups is 2. The van der Waals surface area contributed by atoms with Crippen LogP contribution in [-0.4, -0.2) is 33.4 Å². The smallest absolute Gasteiger partial charge is 0.250 e. The van der Waals surface area contributed by atoms with Gasteiger partial charge in [-0.25, -0.2) is 4.52 Å². The second kappa shape index (κ2) is 8.46. The van der Waals surface area contributed by atoms with Crippen LogP contribution >= 0.6 is 11.3 Å². The number of fused-ring (bicyclic) bond motifs is 1. The van der Waals surface area contributed by atoms with Crippen LogP contribution in [0.2, 0.25) is 0 Å². The maximum atomic E-state index is 12.3. The molecule has 0 bridgehead atoms. The van der Waals surface area contributed by atoms with Gasteiger partial charge >= 0.3 is 0 Å². The molecule has 0 unspecified atom stereocenters. The Bertz CT molecular complexity index is 1210. The van der Waals surface area contributed by atoms with Crippen LogP contribution in [0.25, 0.3) is 16.2 Å². The van der Waals surface area contributed by atoms with Crippen molar-refractivity contribution in [2.24, 2.45) is 0 Å². The van der Waals surface area contributed by atoms with Gasteiger partial charge in [-0.3, -0.25) is 14.9 Å². The summed E-state index contributed by atoms with van der Waals surface area (Å²) in [4.78, 5) is 29.5. The van der Waals surface area contributed by atoms with Crippen molar-refractivity contribution < 1.29 is 14.3 Å². The average molecular weight is 420 g/mol. The number of nitrogens with one attached hydrogen (secondary N) is 1. The molecule has 30 heavy (non-hydrogen) atoms. The highest BCUT2D eigenvalue weighted by molar-refractivity contribution is 7.15. The Hall–Kier alpha value is -3.52. The summed E-state index contributed by atoms with van der Waals surface area (Å²) in [6.45, 7) is 1.96. The first-order valence-electron chi connectivity index (χ1n) is 9.42. The number of rotatable bonds is 7. The van der Waals surface area contributed by atoms with Gasteiger partial charge in [-0.05, 0) is 19.1 Å². The third kappa shape index (κ3) is 4.23. The standard InChI is InChI=1S/C22H20N4O3S/c1-14-6-8-15(9-7-14)19(27)10-11-20(28)23-21-24-22-26(25-21)18(13-30-22)16-4-3-5-17(12-16)29-2/h3-9,12-13H,10-11H2,1-2H3,(H,23,25,28). The molecule has 0 aliphatic heterocycles. The number of ketones is 1. The minimum absolute atomic E-state index is 0.0655. The zero-order valence-electron chi connectivity index (χ0n) is 16.6. The fourth-order valence-corrected chi connectivity index (χ4v) is 3.84. The predicted molar refractivity (Wildman–Crippen MR) is 116 cm³/mol. The highest BCUT2D eigenvalue weighted by Crippen LogP contribution is 2.28. The zero-order chi connectivity index (χ0) is 21.1. The summed E-state index contributed by atoms with van der Waals surface area (Å²) in [6.07, 6.45) is 0.203. The van der Waals surface area contributed by atoms with Crippen LogP contribution in [0.5, 0.6) is 5.75 Å². The number of ether oxygens (including phenoxy) is 1. The van der Waals surface area contributed by atoms with Gasteiger partial charge in [-0.1, -0.05) is 42.0 Å². The Morgan fingerprint density at radius 2 is 1.93 bits per heavy atom. The van der Waals surface area contributed by atoms with Crippen LogP contribution in [0.4, 0.5) is 5.95 Å². The highest BCUT2D eigenvalue weighted by atomic mass is 32.1. The normalized spacial score (nSPS) is 10.9. The van der Waals surface area contributed by atoms with E-state index in [-0.39, 0.29) is 30.5 Å². The molecule has 0 aliphatic carbocycles. The molecule has 8 heteroatoms. The van der Waals surface area contributed by atoms with E-state index in [0.717, 1.165) is 22.6 Å². The molecule has 0 saturated heterocycles. The summed E-state index contributed by atoms with van der Waals surface area (Å²) in [5, 5.41) is 9.03. The second-order valence-corrected chi connectivity index (χ2v) is 7.66. The maximum absolute atomic E-state index is 12.3. The fourth-order valence-electron chi connectivity index (χ4n) is 3.01. The molecular weight excluding hydrogens is 400 g/mol. The van der Waals surface area contributed by atoms with Crippen molar-refractivity contribution in [2.45, 2.75) is 19.8 Å². The van der Waals surface area contributed by atoms with E-state index in [9.17, 15) is 9.59 Å². The van der Waals surface area contributed by atoms with E-state index < -0.39 is 0 Å². The molecule has 0 atom stereocenters. The third-order valence-corrected chi connectivity index (χ3v) is 5.47. The number of aromatic nitrogens is 3. The number of aryl methyl sites for hydroxylation is 1. The molecule has 4 rings (SSSR count). The van der Waals surface area contributed by atoms with Crippen LogP contribution in [0.1, 0.15) is 28.8 Å². The Morgan fingerprint density at radius 1 is 1.13 bits per heavy atom. The van der Waals surface area contributed by atoms with E-state index in [0.29, 0.717) is 10.5 Å². The molecule has 152 valence electrons. The molecule has 0 aliphatic rings. The molecular formula is C22H20N4O3S. The van der Waals surface area contributed by atoms with Gasteiger partial charge in [0, 0.05) is 29.3 Å². The lowest BCUT2D eigenvalue weighted by atomic mass is 10.1. The number of thiazole rings is 1. The van der Waals surface area contributed by atoms with Crippen molar-refractivity contribution >= 4 is 33.9 Å². The molecule has 0 fully saturated rings. The second-order valence-electron chi connectivity index (χ2n) is 6.82. The summed E-state index contributed by atoms with van der Waals surface area (Å²) in [5.41, 5.74) is 3.49. The Labute approximate surface area is 177 Å². The van der Waals surface area contributed by atoms with Gasteiger partial charge in [0.1, 0.15) is 5.75 Å². The minimum Gasteiger partial charge on any atom is -0.497 e. The predicted octanol–water partition coefficient (Wildman–Crippen LogP) is 4.38. The Morgan fingerprint density at radius 3 is 2.70 bits per heavy atom. The summed E-state index contributed by atoms with van der Waals surface area (Å²) in [7, 11) is 1.62. The number of carbonyl (C=O) groups excluding carboxylic acids is 2. The molecule has 0 spiro atoms. The molecule has 7 nitrogen and oxygen atoms in total. The highest BCUT2D eigenvalue weighted by Gasteiger charge is 2.15. The number of amides is 1. The van der Waals surface area contributed by atoms with Gasteiger partial charge in [0.05, 0.1) is 12.8 Å². The van der Waals surface area contributed by atoms with Crippen molar-refractivity contribution in [2.75, 3.05) is 12.4 Å². The molecule has 2 aromatic carbocycles. The van der Waals surface area contributed by atoms with E-state index in [2.05, 4.69) is 15.4 Å². The Balaban J connectivity index is 1.42. The molecule has 2 aromatic heterocycles. The number of nitrogens with zero attached hydrogens (tertiary/aromatic N) is 3. The largest absolute Gasteiger partial charge is 0.497 e. The Kier molecular flexibility index (Phi) is 5.58. The lowest BCUT2D eigenvalue weighted by Crippen LogP contribution is -2.14. The van der Waals surface area contributed by atoms with Crippen molar-refractivity contribution in [3.63, 3.8) is 0 Å². The summed E-state index contributed by atoms with van der Waals surface area (Å²) < 4.78 is 6.97. The number of hydrogen-bond acceptors (Lipinski definition) is 6. The SMILES string of the molecule is COc1cccc(-c2csc3nc(NC(=O)CCC(=O)c4ccc(C)cc4)nn23)c1. The lowest BCUT2D eigenvalue weighted by molar-refractivity contribution is -0.116. The van der Waals surface area contributed by atoms with Crippen molar-refractivity contribution in [1.82, 2.24) is 14.6 Å². The molecule has 0 radical (unpaired) electrons. The first-order valence-corrected chi connectivity index (χ1v) is 10.3. The first-order chi connectivity index (χ1) is 14.5.